The monoisotopic (exact) mass is 167 g/mol. The first-order valence-corrected chi connectivity index (χ1v) is 5.00. The molecule has 0 spiro atoms. The molecule has 70 valence electrons. The van der Waals surface area contributed by atoms with Gasteiger partial charge in [0.2, 0.25) is 0 Å². The highest BCUT2D eigenvalue weighted by Crippen LogP contribution is 2.41. The van der Waals surface area contributed by atoms with Crippen molar-refractivity contribution >= 4 is 0 Å². The van der Waals surface area contributed by atoms with Crippen molar-refractivity contribution in [2.45, 2.75) is 33.2 Å². The second-order valence-electron chi connectivity index (χ2n) is 4.25. The van der Waals surface area contributed by atoms with Crippen molar-refractivity contribution in [2.24, 2.45) is 17.8 Å². The molecule has 0 saturated heterocycles. The molecule has 1 nitrogen and oxygen atoms in total. The van der Waals surface area contributed by atoms with Crippen LogP contribution in [0.4, 0.5) is 0 Å². The highest BCUT2D eigenvalue weighted by molar-refractivity contribution is 5.03. The van der Waals surface area contributed by atoms with Crippen LogP contribution >= 0.6 is 0 Å². The van der Waals surface area contributed by atoms with Gasteiger partial charge in [-0.05, 0) is 31.2 Å². The van der Waals surface area contributed by atoms with Gasteiger partial charge in [-0.25, -0.2) is 0 Å². The molecule has 0 heterocycles. The lowest BCUT2D eigenvalue weighted by atomic mass is 10.1. The van der Waals surface area contributed by atoms with Gasteiger partial charge in [-0.15, -0.1) is 0 Å². The molecule has 1 rings (SSSR count). The SMILES string of the molecule is CN[C@@H]1[C@@H](C)[C@H]1C/C=C\C(C)C. The van der Waals surface area contributed by atoms with Crippen LogP contribution in [0, 0.1) is 17.8 Å². The summed E-state index contributed by atoms with van der Waals surface area (Å²) in [6.45, 7) is 6.78. The molecule has 1 aliphatic rings. The minimum atomic E-state index is 0.701. The van der Waals surface area contributed by atoms with E-state index < -0.39 is 0 Å². The molecule has 0 bridgehead atoms. The van der Waals surface area contributed by atoms with Crippen molar-refractivity contribution in [2.75, 3.05) is 7.05 Å². The Morgan fingerprint density at radius 3 is 2.50 bits per heavy atom. The molecule has 1 fully saturated rings. The van der Waals surface area contributed by atoms with Crippen LogP contribution in [0.2, 0.25) is 0 Å². The maximum atomic E-state index is 3.34. The lowest BCUT2D eigenvalue weighted by molar-refractivity contribution is 0.708. The summed E-state index contributed by atoms with van der Waals surface area (Å²) in [5.74, 6) is 2.48. The fourth-order valence-corrected chi connectivity index (χ4v) is 1.89. The minimum Gasteiger partial charge on any atom is -0.316 e. The Bertz CT molecular complexity index is 160. The van der Waals surface area contributed by atoms with E-state index in [1.807, 2.05) is 0 Å². The van der Waals surface area contributed by atoms with Crippen molar-refractivity contribution in [3.8, 4) is 0 Å². The van der Waals surface area contributed by atoms with Gasteiger partial charge >= 0.3 is 0 Å². The molecule has 1 saturated carbocycles. The number of nitrogens with one attached hydrogen (secondary N) is 1. The first kappa shape index (κ1) is 9.79. The molecule has 0 aliphatic heterocycles. The Labute approximate surface area is 76.2 Å². The summed E-state index contributed by atoms with van der Waals surface area (Å²) in [6, 6.07) is 0.779. The zero-order chi connectivity index (χ0) is 9.14. The highest BCUT2D eigenvalue weighted by Gasteiger charge is 2.44. The van der Waals surface area contributed by atoms with Gasteiger partial charge in [-0.3, -0.25) is 0 Å². The van der Waals surface area contributed by atoms with Crippen LogP contribution in [0.15, 0.2) is 12.2 Å². The summed E-state index contributed by atoms with van der Waals surface area (Å²) in [7, 11) is 2.06. The van der Waals surface area contributed by atoms with E-state index in [9.17, 15) is 0 Å². The maximum Gasteiger partial charge on any atom is 0.0127 e. The largest absolute Gasteiger partial charge is 0.316 e. The zero-order valence-corrected chi connectivity index (χ0v) is 8.67. The Hall–Kier alpha value is -0.300. The Kier molecular flexibility index (Phi) is 3.33. The third-order valence-corrected chi connectivity index (χ3v) is 2.82. The van der Waals surface area contributed by atoms with Gasteiger partial charge in [0.05, 0.1) is 0 Å². The molecular formula is C11H21N. The number of allylic oxidation sites excluding steroid dienone is 2. The van der Waals surface area contributed by atoms with E-state index >= 15 is 0 Å². The quantitative estimate of drug-likeness (QED) is 0.634. The van der Waals surface area contributed by atoms with Crippen molar-refractivity contribution in [3.05, 3.63) is 12.2 Å². The molecule has 0 aromatic rings. The first-order valence-electron chi connectivity index (χ1n) is 5.00. The number of hydrogen-bond acceptors (Lipinski definition) is 1. The maximum absolute atomic E-state index is 3.34. The Morgan fingerprint density at radius 2 is 2.08 bits per heavy atom. The summed E-state index contributed by atoms with van der Waals surface area (Å²) in [6.07, 6.45) is 5.89. The molecule has 1 heteroatoms. The van der Waals surface area contributed by atoms with Gasteiger partial charge in [0.25, 0.3) is 0 Å². The summed E-state index contributed by atoms with van der Waals surface area (Å²) in [5.41, 5.74) is 0. The predicted molar refractivity (Wildman–Crippen MR) is 54.1 cm³/mol. The van der Waals surface area contributed by atoms with Crippen molar-refractivity contribution in [1.29, 1.82) is 0 Å². The summed E-state index contributed by atoms with van der Waals surface area (Å²) >= 11 is 0. The molecule has 3 atom stereocenters. The molecule has 1 N–H and O–H groups in total. The minimum absolute atomic E-state index is 0.701. The van der Waals surface area contributed by atoms with Gasteiger partial charge in [0, 0.05) is 6.04 Å². The van der Waals surface area contributed by atoms with Crippen LogP contribution in [0.25, 0.3) is 0 Å². The van der Waals surface area contributed by atoms with Gasteiger partial charge in [0.15, 0.2) is 0 Å². The molecule has 0 unspecified atom stereocenters. The fraction of sp³-hybridized carbons (Fsp3) is 0.818. The molecule has 12 heavy (non-hydrogen) atoms. The van der Waals surface area contributed by atoms with E-state index in [4.69, 9.17) is 0 Å². The van der Waals surface area contributed by atoms with Crippen LogP contribution in [0.1, 0.15) is 27.2 Å². The molecule has 0 amide bonds. The van der Waals surface area contributed by atoms with Crippen LogP contribution in [0.3, 0.4) is 0 Å². The summed E-state index contributed by atoms with van der Waals surface area (Å²) in [4.78, 5) is 0. The van der Waals surface area contributed by atoms with Crippen molar-refractivity contribution in [3.63, 3.8) is 0 Å². The molecule has 0 aromatic heterocycles. The lowest BCUT2D eigenvalue weighted by Crippen LogP contribution is -2.11. The average molecular weight is 167 g/mol. The number of rotatable bonds is 4. The van der Waals surface area contributed by atoms with E-state index in [-0.39, 0.29) is 0 Å². The van der Waals surface area contributed by atoms with Crippen LogP contribution in [-0.4, -0.2) is 13.1 Å². The van der Waals surface area contributed by atoms with E-state index in [1.165, 1.54) is 6.42 Å². The fourth-order valence-electron chi connectivity index (χ4n) is 1.89. The molecule has 0 radical (unpaired) electrons. The predicted octanol–water partition coefficient (Wildman–Crippen LogP) is 2.44. The molecule has 1 aliphatic carbocycles. The van der Waals surface area contributed by atoms with Gasteiger partial charge in [0.1, 0.15) is 0 Å². The van der Waals surface area contributed by atoms with Crippen LogP contribution in [-0.2, 0) is 0 Å². The third-order valence-electron chi connectivity index (χ3n) is 2.82. The van der Waals surface area contributed by atoms with E-state index in [2.05, 4.69) is 45.3 Å². The topological polar surface area (TPSA) is 12.0 Å². The third kappa shape index (κ3) is 2.34. The second-order valence-corrected chi connectivity index (χ2v) is 4.25. The second kappa shape index (κ2) is 4.08. The van der Waals surface area contributed by atoms with E-state index in [1.54, 1.807) is 0 Å². The van der Waals surface area contributed by atoms with E-state index in [0.717, 1.165) is 17.9 Å². The molecule has 0 aromatic carbocycles. The smallest absolute Gasteiger partial charge is 0.0127 e. The van der Waals surface area contributed by atoms with E-state index in [0.29, 0.717) is 5.92 Å². The standard InChI is InChI=1S/C11H21N/c1-8(2)6-5-7-10-9(3)11(10)12-4/h5-6,8-12H,7H2,1-4H3/b6-5-/t9-,10+,11+/m0/s1. The van der Waals surface area contributed by atoms with Crippen LogP contribution < -0.4 is 5.32 Å². The normalized spacial score (nSPS) is 34.9. The van der Waals surface area contributed by atoms with Gasteiger partial charge in [-0.1, -0.05) is 32.9 Å². The van der Waals surface area contributed by atoms with Crippen molar-refractivity contribution in [1.82, 2.24) is 5.32 Å². The Balaban J connectivity index is 2.18. The average Bonchev–Trinajstić information content (AvgIpc) is 2.60. The van der Waals surface area contributed by atoms with Crippen LogP contribution in [0.5, 0.6) is 0 Å². The van der Waals surface area contributed by atoms with Gasteiger partial charge < -0.3 is 5.32 Å². The van der Waals surface area contributed by atoms with Crippen molar-refractivity contribution < 1.29 is 0 Å². The highest BCUT2D eigenvalue weighted by atomic mass is 15.0. The van der Waals surface area contributed by atoms with Gasteiger partial charge in [-0.2, -0.15) is 0 Å². The molecular weight excluding hydrogens is 146 g/mol. The number of hydrogen-bond donors (Lipinski definition) is 1. The summed E-state index contributed by atoms with van der Waals surface area (Å²) < 4.78 is 0. The lowest BCUT2D eigenvalue weighted by Gasteiger charge is -1.94. The first-order chi connectivity index (χ1) is 5.66. The summed E-state index contributed by atoms with van der Waals surface area (Å²) in [5, 5.41) is 3.34. The Morgan fingerprint density at radius 1 is 1.42 bits per heavy atom. The zero-order valence-electron chi connectivity index (χ0n) is 8.67.